The topological polar surface area (TPSA) is 81.7 Å². The monoisotopic (exact) mass is 355 g/mol. The van der Waals surface area contributed by atoms with Gasteiger partial charge in [-0.25, -0.2) is 0 Å². The number of ether oxygens (including phenoxy) is 2. The molecule has 136 valence electrons. The van der Waals surface area contributed by atoms with Crippen LogP contribution in [0.25, 0.3) is 0 Å². The Balaban J connectivity index is 1.77. The largest absolute Gasteiger partial charge is 0.495 e. The maximum absolute atomic E-state index is 11.9. The van der Waals surface area contributed by atoms with Gasteiger partial charge in [-0.1, -0.05) is 36.4 Å². The number of carbonyl (C=O) groups is 3. The number of methoxy groups -OCH3 is 1. The van der Waals surface area contributed by atoms with Crippen molar-refractivity contribution >= 4 is 23.3 Å². The van der Waals surface area contributed by atoms with Crippen molar-refractivity contribution in [2.24, 2.45) is 0 Å². The molecule has 0 saturated carbocycles. The Hall–Kier alpha value is -3.15. The van der Waals surface area contributed by atoms with Gasteiger partial charge in [-0.05, 0) is 24.6 Å². The van der Waals surface area contributed by atoms with Gasteiger partial charge in [-0.3, -0.25) is 14.4 Å². The maximum Gasteiger partial charge on any atom is 0.306 e. The molecule has 1 amide bonds. The maximum atomic E-state index is 11.9. The van der Waals surface area contributed by atoms with Crippen LogP contribution in [0, 0.1) is 6.92 Å². The van der Waals surface area contributed by atoms with Crippen LogP contribution in [-0.2, 0) is 14.3 Å². The Bertz CT molecular complexity index is 786. The second-order valence-electron chi connectivity index (χ2n) is 5.70. The van der Waals surface area contributed by atoms with Crippen LogP contribution in [0.1, 0.15) is 28.8 Å². The van der Waals surface area contributed by atoms with E-state index in [2.05, 4.69) is 5.32 Å². The van der Waals surface area contributed by atoms with Crippen molar-refractivity contribution in [1.82, 2.24) is 0 Å². The summed E-state index contributed by atoms with van der Waals surface area (Å²) in [7, 11) is 1.50. The highest BCUT2D eigenvalue weighted by atomic mass is 16.5. The summed E-state index contributed by atoms with van der Waals surface area (Å²) < 4.78 is 10.1. The van der Waals surface area contributed by atoms with E-state index in [1.165, 1.54) is 7.11 Å². The highest BCUT2D eigenvalue weighted by molar-refractivity contribution is 5.98. The summed E-state index contributed by atoms with van der Waals surface area (Å²) in [6.45, 7) is 1.47. The molecule has 1 N–H and O–H groups in total. The van der Waals surface area contributed by atoms with Crippen LogP contribution in [0.3, 0.4) is 0 Å². The molecule has 0 radical (unpaired) electrons. The molecule has 6 heteroatoms. The molecule has 0 heterocycles. The molecule has 0 bridgehead atoms. The van der Waals surface area contributed by atoms with Gasteiger partial charge >= 0.3 is 5.97 Å². The molecule has 6 nitrogen and oxygen atoms in total. The third kappa shape index (κ3) is 5.73. The van der Waals surface area contributed by atoms with E-state index in [1.54, 1.807) is 36.4 Å². The number of anilines is 1. The van der Waals surface area contributed by atoms with Crippen LogP contribution in [0.5, 0.6) is 5.75 Å². The number of amides is 1. The molecule has 0 saturated heterocycles. The summed E-state index contributed by atoms with van der Waals surface area (Å²) >= 11 is 0. The molecule has 2 rings (SSSR count). The van der Waals surface area contributed by atoms with Crippen molar-refractivity contribution in [2.75, 3.05) is 19.0 Å². The minimum Gasteiger partial charge on any atom is -0.495 e. The van der Waals surface area contributed by atoms with Gasteiger partial charge < -0.3 is 14.8 Å². The van der Waals surface area contributed by atoms with Gasteiger partial charge in [0, 0.05) is 12.0 Å². The highest BCUT2D eigenvalue weighted by Crippen LogP contribution is 2.25. The molecule has 0 atom stereocenters. The Morgan fingerprint density at radius 1 is 1.00 bits per heavy atom. The second-order valence-corrected chi connectivity index (χ2v) is 5.70. The van der Waals surface area contributed by atoms with Gasteiger partial charge in [0.05, 0.1) is 19.2 Å². The minimum absolute atomic E-state index is 0.0379. The Morgan fingerprint density at radius 2 is 1.73 bits per heavy atom. The molecule has 2 aromatic carbocycles. The number of carbonyl (C=O) groups excluding carboxylic acids is 3. The van der Waals surface area contributed by atoms with Crippen molar-refractivity contribution in [3.63, 3.8) is 0 Å². The van der Waals surface area contributed by atoms with Gasteiger partial charge in [0.25, 0.3) is 5.91 Å². The quantitative estimate of drug-likeness (QED) is 0.581. The lowest BCUT2D eigenvalue weighted by Gasteiger charge is -2.11. The smallest absolute Gasteiger partial charge is 0.306 e. The Kier molecular flexibility index (Phi) is 6.91. The van der Waals surface area contributed by atoms with E-state index in [9.17, 15) is 14.4 Å². The SMILES string of the molecule is COc1ccc(C)cc1NC(=O)COC(=O)CCC(=O)c1ccccc1. The van der Waals surface area contributed by atoms with E-state index in [4.69, 9.17) is 9.47 Å². The van der Waals surface area contributed by atoms with Crippen LogP contribution in [0.15, 0.2) is 48.5 Å². The summed E-state index contributed by atoms with van der Waals surface area (Å²) in [5.74, 6) is -0.697. The van der Waals surface area contributed by atoms with Crippen molar-refractivity contribution in [3.05, 3.63) is 59.7 Å². The van der Waals surface area contributed by atoms with E-state index in [0.717, 1.165) is 5.56 Å². The average molecular weight is 355 g/mol. The first-order valence-electron chi connectivity index (χ1n) is 8.18. The average Bonchev–Trinajstić information content (AvgIpc) is 2.65. The number of benzene rings is 2. The lowest BCUT2D eigenvalue weighted by atomic mass is 10.1. The van der Waals surface area contributed by atoms with Crippen LogP contribution < -0.4 is 10.1 Å². The first-order valence-corrected chi connectivity index (χ1v) is 8.18. The predicted molar refractivity (Wildman–Crippen MR) is 97.3 cm³/mol. The Morgan fingerprint density at radius 3 is 2.42 bits per heavy atom. The molecule has 0 aliphatic rings. The molecule has 0 spiro atoms. The fourth-order valence-electron chi connectivity index (χ4n) is 2.31. The lowest BCUT2D eigenvalue weighted by Crippen LogP contribution is -2.21. The number of hydrogen-bond acceptors (Lipinski definition) is 5. The normalized spacial score (nSPS) is 10.1. The van der Waals surface area contributed by atoms with E-state index in [1.807, 2.05) is 19.1 Å². The molecule has 2 aromatic rings. The van der Waals surface area contributed by atoms with Crippen molar-refractivity contribution < 1.29 is 23.9 Å². The lowest BCUT2D eigenvalue weighted by molar-refractivity contribution is -0.147. The van der Waals surface area contributed by atoms with Crippen molar-refractivity contribution in [3.8, 4) is 5.75 Å². The van der Waals surface area contributed by atoms with Gasteiger partial charge in [-0.2, -0.15) is 0 Å². The van der Waals surface area contributed by atoms with Crippen molar-refractivity contribution in [1.29, 1.82) is 0 Å². The van der Waals surface area contributed by atoms with Crippen LogP contribution >= 0.6 is 0 Å². The molecule has 0 aromatic heterocycles. The molecule has 26 heavy (non-hydrogen) atoms. The van der Waals surface area contributed by atoms with E-state index in [0.29, 0.717) is 17.0 Å². The first kappa shape index (κ1) is 19.2. The number of hydrogen-bond donors (Lipinski definition) is 1. The molecule has 0 aliphatic carbocycles. The van der Waals surface area contributed by atoms with Crippen LogP contribution in [0.2, 0.25) is 0 Å². The zero-order valence-corrected chi connectivity index (χ0v) is 14.8. The number of rotatable bonds is 8. The minimum atomic E-state index is -0.597. The van der Waals surface area contributed by atoms with Gasteiger partial charge in [-0.15, -0.1) is 0 Å². The molecule has 0 unspecified atom stereocenters. The van der Waals surface area contributed by atoms with Crippen molar-refractivity contribution in [2.45, 2.75) is 19.8 Å². The zero-order valence-electron chi connectivity index (χ0n) is 14.8. The fraction of sp³-hybridized carbons (Fsp3) is 0.250. The molecule has 0 aliphatic heterocycles. The van der Waals surface area contributed by atoms with Gasteiger partial charge in [0.2, 0.25) is 0 Å². The second kappa shape index (κ2) is 9.36. The number of ketones is 1. The zero-order chi connectivity index (χ0) is 18.9. The highest BCUT2D eigenvalue weighted by Gasteiger charge is 2.13. The van der Waals surface area contributed by atoms with Gasteiger partial charge in [0.15, 0.2) is 12.4 Å². The summed E-state index contributed by atoms with van der Waals surface area (Å²) in [4.78, 5) is 35.6. The third-order valence-corrected chi connectivity index (χ3v) is 3.65. The summed E-state index contributed by atoms with van der Waals surface area (Å²) in [5, 5.41) is 2.64. The number of esters is 1. The van der Waals surface area contributed by atoms with Crippen LogP contribution in [-0.4, -0.2) is 31.4 Å². The van der Waals surface area contributed by atoms with E-state index >= 15 is 0 Å². The van der Waals surface area contributed by atoms with E-state index in [-0.39, 0.29) is 18.6 Å². The summed E-state index contributed by atoms with van der Waals surface area (Å²) in [6, 6.07) is 14.1. The van der Waals surface area contributed by atoms with E-state index < -0.39 is 18.5 Å². The number of aryl methyl sites for hydroxylation is 1. The van der Waals surface area contributed by atoms with Gasteiger partial charge in [0.1, 0.15) is 5.75 Å². The first-order chi connectivity index (χ1) is 12.5. The fourth-order valence-corrected chi connectivity index (χ4v) is 2.31. The standard InChI is InChI=1S/C20H21NO5/c1-14-8-10-18(25-2)16(12-14)21-19(23)13-26-20(24)11-9-17(22)15-6-4-3-5-7-15/h3-8,10,12H,9,11,13H2,1-2H3,(H,21,23). The number of nitrogens with one attached hydrogen (secondary N) is 1. The summed E-state index contributed by atoms with van der Waals surface area (Å²) in [6.07, 6.45) is -0.0368. The third-order valence-electron chi connectivity index (χ3n) is 3.65. The molecule has 0 fully saturated rings. The summed E-state index contributed by atoms with van der Waals surface area (Å²) in [5.41, 5.74) is 2.01. The van der Waals surface area contributed by atoms with Crippen LogP contribution in [0.4, 0.5) is 5.69 Å². The Labute approximate surface area is 152 Å². The molecular formula is C20H21NO5. The number of Topliss-reactive ketones (excluding diaryl/α,β-unsaturated/α-hetero) is 1. The predicted octanol–water partition coefficient (Wildman–Crippen LogP) is 3.15. The molecular weight excluding hydrogens is 334 g/mol.